The molecule has 1 aromatic carbocycles. The highest BCUT2D eigenvalue weighted by molar-refractivity contribution is 5.89. The van der Waals surface area contributed by atoms with E-state index in [9.17, 15) is 4.79 Å². The molecule has 0 unspecified atom stereocenters. The molecule has 6 heteroatoms. The van der Waals surface area contributed by atoms with Crippen LogP contribution in [0.4, 0.5) is 0 Å². The van der Waals surface area contributed by atoms with Gasteiger partial charge in [-0.15, -0.1) is 0 Å². The Kier molecular flexibility index (Phi) is 5.27. The molecule has 0 radical (unpaired) electrons. The molecule has 2 heterocycles. The van der Waals surface area contributed by atoms with Crippen molar-refractivity contribution in [3.05, 3.63) is 53.2 Å². The van der Waals surface area contributed by atoms with Crippen molar-refractivity contribution in [2.45, 2.75) is 32.5 Å². The third kappa shape index (κ3) is 4.01. The molecule has 6 nitrogen and oxygen atoms in total. The molecule has 0 aliphatic carbocycles. The third-order valence-electron chi connectivity index (χ3n) is 4.04. The molecule has 24 heavy (non-hydrogen) atoms. The number of oxazole rings is 1. The monoisotopic (exact) mass is 329 g/mol. The second-order valence-corrected chi connectivity index (χ2v) is 6.16. The molecule has 0 spiro atoms. The van der Waals surface area contributed by atoms with Gasteiger partial charge in [0.05, 0.1) is 12.3 Å². The fraction of sp³-hybridized carbons (Fsp3) is 0.444. The van der Waals surface area contributed by atoms with E-state index in [1.807, 2.05) is 25.1 Å². The number of aromatic nitrogens is 1. The SMILES string of the molecule is COC[C@@H](C)NC(=O)c1nc2c(o1)CCN(Cc1ccccc1)C2. The van der Waals surface area contributed by atoms with Crippen LogP contribution in [0.2, 0.25) is 0 Å². The van der Waals surface area contributed by atoms with Gasteiger partial charge in [0.2, 0.25) is 0 Å². The summed E-state index contributed by atoms with van der Waals surface area (Å²) in [5, 5.41) is 2.82. The number of nitrogens with zero attached hydrogens (tertiary/aromatic N) is 2. The van der Waals surface area contributed by atoms with E-state index in [1.165, 1.54) is 5.56 Å². The molecule has 1 aliphatic heterocycles. The van der Waals surface area contributed by atoms with Crippen LogP contribution in [-0.2, 0) is 24.2 Å². The lowest BCUT2D eigenvalue weighted by Crippen LogP contribution is -2.35. The van der Waals surface area contributed by atoms with E-state index in [1.54, 1.807) is 7.11 Å². The quantitative estimate of drug-likeness (QED) is 0.878. The maximum atomic E-state index is 12.2. The number of methoxy groups -OCH3 is 1. The summed E-state index contributed by atoms with van der Waals surface area (Å²) in [4.78, 5) is 18.9. The summed E-state index contributed by atoms with van der Waals surface area (Å²) in [5.41, 5.74) is 2.14. The van der Waals surface area contributed by atoms with Crippen molar-refractivity contribution < 1.29 is 13.9 Å². The second-order valence-electron chi connectivity index (χ2n) is 6.16. The van der Waals surface area contributed by atoms with Crippen molar-refractivity contribution in [3.63, 3.8) is 0 Å². The molecule has 1 N–H and O–H groups in total. The second kappa shape index (κ2) is 7.59. The smallest absolute Gasteiger partial charge is 0.307 e. The minimum absolute atomic E-state index is 0.0824. The number of fused-ring (bicyclic) bond motifs is 1. The lowest BCUT2D eigenvalue weighted by Gasteiger charge is -2.24. The van der Waals surface area contributed by atoms with Crippen LogP contribution in [0.15, 0.2) is 34.7 Å². The number of amides is 1. The summed E-state index contributed by atoms with van der Waals surface area (Å²) < 4.78 is 10.7. The van der Waals surface area contributed by atoms with E-state index < -0.39 is 0 Å². The molecule has 3 rings (SSSR count). The average Bonchev–Trinajstić information content (AvgIpc) is 2.99. The van der Waals surface area contributed by atoms with Gasteiger partial charge in [0.25, 0.3) is 5.89 Å². The van der Waals surface area contributed by atoms with Crippen LogP contribution in [0.3, 0.4) is 0 Å². The van der Waals surface area contributed by atoms with Gasteiger partial charge < -0.3 is 14.5 Å². The van der Waals surface area contributed by atoms with Gasteiger partial charge in [0.15, 0.2) is 0 Å². The number of carbonyl (C=O) groups excluding carboxylic acids is 1. The molecular weight excluding hydrogens is 306 g/mol. The lowest BCUT2D eigenvalue weighted by molar-refractivity contribution is 0.0869. The van der Waals surface area contributed by atoms with Gasteiger partial charge >= 0.3 is 5.91 Å². The van der Waals surface area contributed by atoms with Crippen LogP contribution in [0.25, 0.3) is 0 Å². The zero-order valence-corrected chi connectivity index (χ0v) is 14.1. The van der Waals surface area contributed by atoms with Gasteiger partial charge in [-0.05, 0) is 12.5 Å². The number of nitrogens with one attached hydrogen (secondary N) is 1. The topological polar surface area (TPSA) is 67.6 Å². The van der Waals surface area contributed by atoms with E-state index >= 15 is 0 Å². The standard InChI is InChI=1S/C18H23N3O3/c1-13(12-23-2)19-17(22)18-20-15-11-21(9-8-16(15)24-18)10-14-6-4-3-5-7-14/h3-7,13H,8-12H2,1-2H3,(H,19,22)/t13-/m1/s1. The number of hydrogen-bond acceptors (Lipinski definition) is 5. The van der Waals surface area contributed by atoms with Crippen molar-refractivity contribution in [2.24, 2.45) is 0 Å². The molecule has 0 bridgehead atoms. The van der Waals surface area contributed by atoms with Crippen LogP contribution >= 0.6 is 0 Å². The number of rotatable bonds is 6. The zero-order chi connectivity index (χ0) is 16.9. The van der Waals surface area contributed by atoms with Crippen molar-refractivity contribution >= 4 is 5.91 Å². The van der Waals surface area contributed by atoms with Crippen LogP contribution < -0.4 is 5.32 Å². The van der Waals surface area contributed by atoms with Crippen molar-refractivity contribution in [3.8, 4) is 0 Å². The number of hydrogen-bond donors (Lipinski definition) is 1. The first kappa shape index (κ1) is 16.7. The van der Waals surface area contributed by atoms with E-state index in [0.29, 0.717) is 13.2 Å². The van der Waals surface area contributed by atoms with Crippen molar-refractivity contribution in [1.82, 2.24) is 15.2 Å². The van der Waals surface area contributed by atoms with Gasteiger partial charge in [-0.25, -0.2) is 4.98 Å². The largest absolute Gasteiger partial charge is 0.437 e. The lowest BCUT2D eigenvalue weighted by atomic mass is 10.1. The summed E-state index contributed by atoms with van der Waals surface area (Å²) in [5.74, 6) is 0.678. The molecular formula is C18H23N3O3. The highest BCUT2D eigenvalue weighted by Crippen LogP contribution is 2.21. The Labute approximate surface area is 141 Å². The Bertz CT molecular complexity index is 684. The Balaban J connectivity index is 1.63. The summed E-state index contributed by atoms with van der Waals surface area (Å²) in [6, 6.07) is 10.3. The fourth-order valence-corrected chi connectivity index (χ4v) is 2.90. The van der Waals surface area contributed by atoms with E-state index in [4.69, 9.17) is 9.15 Å². The minimum Gasteiger partial charge on any atom is -0.437 e. The van der Waals surface area contributed by atoms with Gasteiger partial charge in [-0.3, -0.25) is 9.69 Å². The Morgan fingerprint density at radius 2 is 2.21 bits per heavy atom. The number of benzene rings is 1. The molecule has 1 aromatic heterocycles. The molecule has 1 atom stereocenters. The Hall–Kier alpha value is -2.18. The summed E-state index contributed by atoms with van der Waals surface area (Å²) in [6.07, 6.45) is 0.774. The van der Waals surface area contributed by atoms with Crippen LogP contribution in [0, 0.1) is 0 Å². The number of ether oxygens (including phenoxy) is 1. The Morgan fingerprint density at radius 1 is 1.42 bits per heavy atom. The van der Waals surface area contributed by atoms with Crippen LogP contribution in [0.5, 0.6) is 0 Å². The van der Waals surface area contributed by atoms with E-state index in [2.05, 4.69) is 27.3 Å². The summed E-state index contributed by atoms with van der Waals surface area (Å²) in [6.45, 7) is 4.81. The highest BCUT2D eigenvalue weighted by Gasteiger charge is 2.25. The third-order valence-corrected chi connectivity index (χ3v) is 4.04. The first-order valence-electron chi connectivity index (χ1n) is 8.20. The molecule has 0 saturated heterocycles. The molecule has 1 amide bonds. The maximum Gasteiger partial charge on any atom is 0.307 e. The summed E-state index contributed by atoms with van der Waals surface area (Å²) >= 11 is 0. The molecule has 128 valence electrons. The van der Waals surface area contributed by atoms with Gasteiger partial charge in [-0.1, -0.05) is 30.3 Å². The van der Waals surface area contributed by atoms with Gasteiger partial charge in [0, 0.05) is 39.2 Å². The Morgan fingerprint density at radius 3 is 2.96 bits per heavy atom. The van der Waals surface area contributed by atoms with E-state index in [-0.39, 0.29) is 17.8 Å². The van der Waals surface area contributed by atoms with Crippen LogP contribution in [0.1, 0.15) is 34.6 Å². The maximum absolute atomic E-state index is 12.2. The van der Waals surface area contributed by atoms with Crippen molar-refractivity contribution in [1.29, 1.82) is 0 Å². The van der Waals surface area contributed by atoms with Gasteiger partial charge in [0.1, 0.15) is 5.76 Å². The average molecular weight is 329 g/mol. The molecule has 1 aliphatic rings. The van der Waals surface area contributed by atoms with Crippen LogP contribution in [-0.4, -0.2) is 42.1 Å². The molecule has 0 saturated carbocycles. The molecule has 2 aromatic rings. The van der Waals surface area contributed by atoms with Crippen molar-refractivity contribution in [2.75, 3.05) is 20.3 Å². The normalized spacial score (nSPS) is 15.8. The summed E-state index contributed by atoms with van der Waals surface area (Å²) in [7, 11) is 1.60. The first-order valence-corrected chi connectivity index (χ1v) is 8.20. The first-order chi connectivity index (χ1) is 11.7. The highest BCUT2D eigenvalue weighted by atomic mass is 16.5. The predicted octanol–water partition coefficient (Wildman–Crippen LogP) is 2.00. The van der Waals surface area contributed by atoms with Gasteiger partial charge in [-0.2, -0.15) is 0 Å². The number of carbonyl (C=O) groups is 1. The van der Waals surface area contributed by atoms with E-state index in [0.717, 1.165) is 31.0 Å². The molecule has 0 fully saturated rings. The zero-order valence-electron chi connectivity index (χ0n) is 14.1. The fourth-order valence-electron chi connectivity index (χ4n) is 2.90. The minimum atomic E-state index is -0.288. The predicted molar refractivity (Wildman–Crippen MR) is 89.6 cm³/mol.